The van der Waals surface area contributed by atoms with Crippen LogP contribution in [0, 0.1) is 11.6 Å². The van der Waals surface area contributed by atoms with Crippen LogP contribution in [0.25, 0.3) is 0 Å². The quantitative estimate of drug-likeness (QED) is 0.632. The molecule has 0 amide bonds. The van der Waals surface area contributed by atoms with Crippen molar-refractivity contribution in [1.29, 1.82) is 0 Å². The maximum atomic E-state index is 13.7. The largest absolute Gasteiger partial charge is 0.265 e. The van der Waals surface area contributed by atoms with Gasteiger partial charge in [0.25, 0.3) is 20.0 Å². The molecule has 28 heavy (non-hydrogen) atoms. The highest BCUT2D eigenvalue weighted by Crippen LogP contribution is 2.21. The number of sulfonamides is 2. The van der Waals surface area contributed by atoms with Crippen LogP contribution in [-0.2, 0) is 20.0 Å². The molecular formula is C17H13F2N3O4S2. The predicted molar refractivity (Wildman–Crippen MR) is 98.7 cm³/mol. The number of benzene rings is 2. The van der Waals surface area contributed by atoms with Crippen molar-refractivity contribution < 1.29 is 25.6 Å². The van der Waals surface area contributed by atoms with Gasteiger partial charge in [-0.25, -0.2) is 30.6 Å². The molecule has 0 bridgehead atoms. The molecule has 0 saturated carbocycles. The van der Waals surface area contributed by atoms with Crippen LogP contribution in [0.1, 0.15) is 0 Å². The highest BCUT2D eigenvalue weighted by atomic mass is 32.2. The molecule has 146 valence electrons. The van der Waals surface area contributed by atoms with Gasteiger partial charge in [-0.1, -0.05) is 30.3 Å². The Labute approximate surface area is 160 Å². The van der Waals surface area contributed by atoms with Gasteiger partial charge in [-0.2, -0.15) is 0 Å². The Bertz CT molecular complexity index is 1140. The van der Waals surface area contributed by atoms with Crippen molar-refractivity contribution in [2.45, 2.75) is 9.79 Å². The zero-order valence-corrected chi connectivity index (χ0v) is 15.6. The molecule has 11 heteroatoms. The molecule has 7 nitrogen and oxygen atoms in total. The standard InChI is InChI=1S/C17H13F2N3O4S2/c18-12-6-1-3-8-14(12)27(23,24)21-16-10-5-11-17(20-16)22-28(25,26)15-9-4-2-7-13(15)19/h1-11H,(H2,20,21,22). The molecule has 0 fully saturated rings. The van der Waals surface area contributed by atoms with Gasteiger partial charge in [0.1, 0.15) is 33.1 Å². The highest BCUT2D eigenvalue weighted by Gasteiger charge is 2.21. The SMILES string of the molecule is O=S(=O)(Nc1cccc(NS(=O)(=O)c2ccccc2F)n1)c1ccccc1F. The maximum Gasteiger partial charge on any atom is 0.265 e. The van der Waals surface area contributed by atoms with Crippen LogP contribution in [0.4, 0.5) is 20.4 Å². The first-order valence-electron chi connectivity index (χ1n) is 7.71. The summed E-state index contributed by atoms with van der Waals surface area (Å²) >= 11 is 0. The van der Waals surface area contributed by atoms with Gasteiger partial charge in [0.15, 0.2) is 0 Å². The maximum absolute atomic E-state index is 13.7. The summed E-state index contributed by atoms with van der Waals surface area (Å²) in [5, 5.41) is 0. The highest BCUT2D eigenvalue weighted by molar-refractivity contribution is 7.93. The fraction of sp³-hybridized carbons (Fsp3) is 0. The van der Waals surface area contributed by atoms with Gasteiger partial charge in [-0.3, -0.25) is 9.44 Å². The normalized spacial score (nSPS) is 11.8. The lowest BCUT2D eigenvalue weighted by Crippen LogP contribution is -2.18. The van der Waals surface area contributed by atoms with Crippen molar-refractivity contribution in [3.05, 3.63) is 78.4 Å². The van der Waals surface area contributed by atoms with E-state index < -0.39 is 41.5 Å². The topological polar surface area (TPSA) is 105 Å². The van der Waals surface area contributed by atoms with Crippen LogP contribution in [0.3, 0.4) is 0 Å². The fourth-order valence-electron chi connectivity index (χ4n) is 2.26. The van der Waals surface area contributed by atoms with Crippen LogP contribution in [-0.4, -0.2) is 21.8 Å². The lowest BCUT2D eigenvalue weighted by atomic mass is 10.4. The summed E-state index contributed by atoms with van der Waals surface area (Å²) in [5.74, 6) is -2.41. The lowest BCUT2D eigenvalue weighted by molar-refractivity contribution is 0.568. The lowest BCUT2D eigenvalue weighted by Gasteiger charge is -2.11. The molecule has 3 aromatic rings. The number of aromatic nitrogens is 1. The molecule has 0 aliphatic heterocycles. The van der Waals surface area contributed by atoms with E-state index in [0.717, 1.165) is 24.3 Å². The smallest absolute Gasteiger partial charge is 0.263 e. The summed E-state index contributed by atoms with van der Waals surface area (Å²) in [4.78, 5) is 2.65. The molecule has 0 saturated heterocycles. The Hall–Kier alpha value is -3.05. The molecular weight excluding hydrogens is 412 g/mol. The summed E-state index contributed by atoms with van der Waals surface area (Å²) in [6.07, 6.45) is 0. The first kappa shape index (κ1) is 19.7. The van der Waals surface area contributed by atoms with Crippen LogP contribution in [0.5, 0.6) is 0 Å². The molecule has 0 spiro atoms. The number of hydrogen-bond donors (Lipinski definition) is 2. The van der Waals surface area contributed by atoms with E-state index in [1.165, 1.54) is 42.5 Å². The van der Waals surface area contributed by atoms with Crippen LogP contribution in [0.2, 0.25) is 0 Å². The van der Waals surface area contributed by atoms with Gasteiger partial charge in [-0.15, -0.1) is 0 Å². The van der Waals surface area contributed by atoms with Crippen molar-refractivity contribution in [3.8, 4) is 0 Å². The number of nitrogens with zero attached hydrogens (tertiary/aromatic N) is 1. The summed E-state index contributed by atoms with van der Waals surface area (Å²) in [7, 11) is -8.58. The third-order valence-electron chi connectivity index (χ3n) is 3.48. The van der Waals surface area contributed by atoms with Crippen molar-refractivity contribution in [2.75, 3.05) is 9.44 Å². The second-order valence-corrected chi connectivity index (χ2v) is 8.78. The molecule has 3 rings (SSSR count). The summed E-state index contributed by atoms with van der Waals surface area (Å²) < 4.78 is 80.8. The second kappa shape index (κ2) is 7.52. The van der Waals surface area contributed by atoms with Crippen molar-refractivity contribution in [2.24, 2.45) is 0 Å². The molecule has 0 unspecified atom stereocenters. The zero-order chi connectivity index (χ0) is 20.4. The Morgan fingerprint density at radius 2 is 1.00 bits per heavy atom. The molecule has 2 aromatic carbocycles. The number of pyridine rings is 1. The van der Waals surface area contributed by atoms with Crippen molar-refractivity contribution >= 4 is 31.7 Å². The van der Waals surface area contributed by atoms with Gasteiger partial charge >= 0.3 is 0 Å². The molecule has 2 N–H and O–H groups in total. The molecule has 0 atom stereocenters. The average Bonchev–Trinajstić information content (AvgIpc) is 2.61. The molecule has 1 heterocycles. The molecule has 0 aliphatic carbocycles. The molecule has 1 aromatic heterocycles. The molecule has 0 aliphatic rings. The van der Waals surface area contributed by atoms with E-state index in [9.17, 15) is 25.6 Å². The van der Waals surface area contributed by atoms with E-state index in [1.54, 1.807) is 0 Å². The first-order chi connectivity index (χ1) is 13.2. The third-order valence-corrected chi connectivity index (χ3v) is 6.26. The zero-order valence-electron chi connectivity index (χ0n) is 14.0. The fourth-order valence-corrected chi connectivity index (χ4v) is 4.42. The monoisotopic (exact) mass is 425 g/mol. The Morgan fingerprint density at radius 1 is 0.607 bits per heavy atom. The number of anilines is 2. The van der Waals surface area contributed by atoms with Crippen LogP contribution < -0.4 is 9.44 Å². The number of hydrogen-bond acceptors (Lipinski definition) is 5. The van der Waals surface area contributed by atoms with Gasteiger partial charge in [0.05, 0.1) is 0 Å². The molecule has 0 radical (unpaired) electrons. The van der Waals surface area contributed by atoms with E-state index in [2.05, 4.69) is 14.4 Å². The summed E-state index contributed by atoms with van der Waals surface area (Å²) in [6, 6.07) is 13.3. The Kier molecular flexibility index (Phi) is 5.29. The Balaban J connectivity index is 1.87. The minimum Gasteiger partial charge on any atom is -0.263 e. The minimum absolute atomic E-state index is 0.253. The van der Waals surface area contributed by atoms with Gasteiger partial charge in [0.2, 0.25) is 0 Å². The van der Waals surface area contributed by atoms with Gasteiger partial charge in [-0.05, 0) is 36.4 Å². The van der Waals surface area contributed by atoms with E-state index in [0.29, 0.717) is 0 Å². The van der Waals surface area contributed by atoms with E-state index in [-0.39, 0.29) is 11.6 Å². The van der Waals surface area contributed by atoms with Gasteiger partial charge < -0.3 is 0 Å². The second-order valence-electron chi connectivity index (χ2n) is 5.48. The van der Waals surface area contributed by atoms with Crippen LogP contribution >= 0.6 is 0 Å². The van der Waals surface area contributed by atoms with Gasteiger partial charge in [0, 0.05) is 0 Å². The van der Waals surface area contributed by atoms with Crippen LogP contribution in [0.15, 0.2) is 76.5 Å². The first-order valence-corrected chi connectivity index (χ1v) is 10.7. The summed E-state index contributed by atoms with van der Waals surface area (Å²) in [5.41, 5.74) is 0. The number of nitrogens with one attached hydrogen (secondary N) is 2. The minimum atomic E-state index is -4.29. The van der Waals surface area contributed by atoms with E-state index in [4.69, 9.17) is 0 Å². The predicted octanol–water partition coefficient (Wildman–Crippen LogP) is 2.96. The number of halogens is 2. The third kappa shape index (κ3) is 4.26. The van der Waals surface area contributed by atoms with Crippen molar-refractivity contribution in [3.63, 3.8) is 0 Å². The van der Waals surface area contributed by atoms with Crippen molar-refractivity contribution in [1.82, 2.24) is 4.98 Å². The van der Waals surface area contributed by atoms with E-state index >= 15 is 0 Å². The summed E-state index contributed by atoms with van der Waals surface area (Å²) in [6.45, 7) is 0. The number of rotatable bonds is 6. The average molecular weight is 425 g/mol. The van der Waals surface area contributed by atoms with E-state index in [1.807, 2.05) is 0 Å². The Morgan fingerprint density at radius 3 is 1.39 bits per heavy atom.